The Morgan fingerprint density at radius 2 is 1.75 bits per heavy atom. The topological polar surface area (TPSA) is 38.3 Å². The van der Waals surface area contributed by atoms with E-state index in [1.807, 2.05) is 6.08 Å². The molecule has 0 spiro atoms. The zero-order valence-corrected chi connectivity index (χ0v) is 17.0. The zero-order valence-electron chi connectivity index (χ0n) is 15.4. The van der Waals surface area contributed by atoms with Gasteiger partial charge in [-0.25, -0.2) is 0 Å². The van der Waals surface area contributed by atoms with Crippen LogP contribution in [0.3, 0.4) is 0 Å². The van der Waals surface area contributed by atoms with Gasteiger partial charge in [0, 0.05) is 11.1 Å². The molecule has 1 aromatic rings. The van der Waals surface area contributed by atoms with Gasteiger partial charge in [-0.1, -0.05) is 71.6 Å². The average molecular weight is 364 g/mol. The summed E-state index contributed by atoms with van der Waals surface area (Å²) in [7, 11) is 1.68. The second kappa shape index (κ2) is 6.52. The van der Waals surface area contributed by atoms with Crippen LogP contribution in [0.5, 0.6) is 5.75 Å². The maximum atomic E-state index is 12.0. The Balaban J connectivity index is 2.71. The smallest absolute Gasteiger partial charge is 0.263 e. The molecule has 0 aromatic heterocycles. The maximum Gasteiger partial charge on any atom is 0.263 e. The van der Waals surface area contributed by atoms with Gasteiger partial charge in [0.25, 0.3) is 5.91 Å². The van der Waals surface area contributed by atoms with Crippen molar-refractivity contribution in [2.75, 3.05) is 7.11 Å². The predicted molar refractivity (Wildman–Crippen MR) is 107 cm³/mol. The van der Waals surface area contributed by atoms with Crippen LogP contribution in [0.4, 0.5) is 0 Å². The van der Waals surface area contributed by atoms with E-state index in [4.69, 9.17) is 17.0 Å². The van der Waals surface area contributed by atoms with Crippen molar-refractivity contribution in [3.8, 4) is 5.75 Å². The fourth-order valence-electron chi connectivity index (χ4n) is 2.54. The number of methoxy groups -OCH3 is 1. The average Bonchev–Trinajstić information content (AvgIpc) is 2.74. The van der Waals surface area contributed by atoms with Gasteiger partial charge in [0.1, 0.15) is 10.1 Å². The van der Waals surface area contributed by atoms with Gasteiger partial charge in [0.05, 0.1) is 12.0 Å². The van der Waals surface area contributed by atoms with E-state index in [1.54, 1.807) is 7.11 Å². The molecule has 3 nitrogen and oxygen atoms in total. The van der Waals surface area contributed by atoms with Crippen molar-refractivity contribution in [1.82, 2.24) is 5.32 Å². The molecule has 24 heavy (non-hydrogen) atoms. The number of rotatable bonds is 2. The third-order valence-corrected chi connectivity index (χ3v) is 5.09. The van der Waals surface area contributed by atoms with Crippen LogP contribution in [0.25, 0.3) is 6.08 Å². The minimum Gasteiger partial charge on any atom is -0.496 e. The molecule has 0 atom stereocenters. The molecule has 1 amide bonds. The van der Waals surface area contributed by atoms with Gasteiger partial charge < -0.3 is 10.1 Å². The first-order chi connectivity index (χ1) is 10.9. The van der Waals surface area contributed by atoms with Crippen LogP contribution in [0.2, 0.25) is 0 Å². The Bertz CT molecular complexity index is 722. The number of thiocarbonyl (C=S) groups is 1. The molecule has 1 aliphatic heterocycles. The molecule has 5 heteroatoms. The summed E-state index contributed by atoms with van der Waals surface area (Å²) in [4.78, 5) is 12.6. The third-order valence-electron chi connectivity index (χ3n) is 3.92. The van der Waals surface area contributed by atoms with Gasteiger partial charge in [-0.3, -0.25) is 4.79 Å². The second-order valence-corrected chi connectivity index (χ2v) is 9.72. The van der Waals surface area contributed by atoms with Crippen molar-refractivity contribution < 1.29 is 9.53 Å². The van der Waals surface area contributed by atoms with E-state index in [0.29, 0.717) is 9.23 Å². The SMILES string of the molecule is COc1c(/C=C2\SC(=S)NC2=O)cc(C(C)(C)C)cc1C(C)(C)C. The molecule has 0 aliphatic carbocycles. The van der Waals surface area contributed by atoms with Gasteiger partial charge in [-0.15, -0.1) is 0 Å². The Labute approximate surface area is 154 Å². The lowest BCUT2D eigenvalue weighted by atomic mass is 9.79. The molecule has 1 fully saturated rings. The normalized spacial score (nSPS) is 17.4. The minimum absolute atomic E-state index is 0.0000925. The Morgan fingerprint density at radius 1 is 1.12 bits per heavy atom. The number of nitrogens with one attached hydrogen (secondary N) is 1. The molecule has 1 N–H and O–H groups in total. The standard InChI is InChI=1S/C19H25NO2S2/c1-18(2,3)12-8-11(9-14-16(21)20-17(23)24-14)15(22-7)13(10-12)19(4,5)6/h8-10H,1-7H3,(H,20,21,23)/b14-9-. The summed E-state index contributed by atoms with van der Waals surface area (Å²) >= 11 is 6.37. The number of hydrogen-bond donors (Lipinski definition) is 1. The highest BCUT2D eigenvalue weighted by molar-refractivity contribution is 8.26. The molecule has 1 aliphatic rings. The van der Waals surface area contributed by atoms with Crippen LogP contribution >= 0.6 is 24.0 Å². The number of carbonyl (C=O) groups is 1. The third kappa shape index (κ3) is 4.01. The molecule has 0 saturated carbocycles. The molecule has 1 saturated heterocycles. The second-order valence-electron chi connectivity index (χ2n) is 8.00. The van der Waals surface area contributed by atoms with Crippen LogP contribution in [-0.4, -0.2) is 17.3 Å². The van der Waals surface area contributed by atoms with Crippen molar-refractivity contribution in [3.63, 3.8) is 0 Å². The molecular weight excluding hydrogens is 338 g/mol. The molecule has 1 heterocycles. The minimum atomic E-state index is -0.148. The Hall–Kier alpha value is -1.33. The van der Waals surface area contributed by atoms with Gasteiger partial charge in [-0.05, 0) is 28.5 Å². The highest BCUT2D eigenvalue weighted by Gasteiger charge is 2.27. The maximum absolute atomic E-state index is 12.0. The van der Waals surface area contributed by atoms with Crippen LogP contribution < -0.4 is 10.1 Å². The molecule has 2 rings (SSSR count). The largest absolute Gasteiger partial charge is 0.496 e. The van der Waals surface area contributed by atoms with E-state index in [2.05, 4.69) is 59.0 Å². The summed E-state index contributed by atoms with van der Waals surface area (Å²) in [5.74, 6) is 0.666. The number of benzene rings is 1. The zero-order chi connectivity index (χ0) is 18.3. The number of carbonyl (C=O) groups excluding carboxylic acids is 1. The van der Waals surface area contributed by atoms with Crippen molar-refractivity contribution in [2.24, 2.45) is 0 Å². The van der Waals surface area contributed by atoms with Crippen LogP contribution in [0.15, 0.2) is 17.0 Å². The van der Waals surface area contributed by atoms with E-state index < -0.39 is 0 Å². The molecule has 1 aromatic carbocycles. The van der Waals surface area contributed by atoms with E-state index in [-0.39, 0.29) is 16.7 Å². The van der Waals surface area contributed by atoms with E-state index in [9.17, 15) is 4.79 Å². The van der Waals surface area contributed by atoms with Gasteiger partial charge in [0.2, 0.25) is 0 Å². The summed E-state index contributed by atoms with van der Waals surface area (Å²) in [6, 6.07) is 4.32. The molecule has 0 unspecified atom stereocenters. The van der Waals surface area contributed by atoms with E-state index in [0.717, 1.165) is 16.9 Å². The highest BCUT2D eigenvalue weighted by Crippen LogP contribution is 2.40. The van der Waals surface area contributed by atoms with Crippen molar-refractivity contribution in [2.45, 2.75) is 52.4 Å². The summed E-state index contributed by atoms with van der Waals surface area (Å²) in [6.45, 7) is 13.1. The molecule has 0 radical (unpaired) electrons. The fraction of sp³-hybridized carbons (Fsp3) is 0.474. The van der Waals surface area contributed by atoms with Gasteiger partial charge in [0.15, 0.2) is 0 Å². The summed E-state index contributed by atoms with van der Waals surface area (Å²) in [6.07, 6.45) is 1.88. The number of amides is 1. The first kappa shape index (κ1) is 19.0. The van der Waals surface area contributed by atoms with Gasteiger partial charge in [-0.2, -0.15) is 0 Å². The number of hydrogen-bond acceptors (Lipinski definition) is 4. The molecule has 0 bridgehead atoms. The van der Waals surface area contributed by atoms with Crippen LogP contribution in [0, 0.1) is 0 Å². The monoisotopic (exact) mass is 363 g/mol. The van der Waals surface area contributed by atoms with Crippen molar-refractivity contribution >= 4 is 40.3 Å². The summed E-state index contributed by atoms with van der Waals surface area (Å²) in [5, 5.41) is 2.66. The fourth-order valence-corrected chi connectivity index (χ4v) is 3.57. The number of thioether (sulfide) groups is 1. The Kier molecular flexibility index (Phi) is 5.17. The van der Waals surface area contributed by atoms with Crippen molar-refractivity contribution in [1.29, 1.82) is 0 Å². The van der Waals surface area contributed by atoms with E-state index in [1.165, 1.54) is 17.3 Å². The molecule has 130 valence electrons. The predicted octanol–water partition coefficient (Wildman–Crippen LogP) is 4.78. The van der Waals surface area contributed by atoms with Gasteiger partial charge >= 0.3 is 0 Å². The van der Waals surface area contributed by atoms with Crippen molar-refractivity contribution in [3.05, 3.63) is 33.7 Å². The highest BCUT2D eigenvalue weighted by atomic mass is 32.2. The lowest BCUT2D eigenvalue weighted by molar-refractivity contribution is -0.115. The first-order valence-corrected chi connectivity index (χ1v) is 9.14. The lowest BCUT2D eigenvalue weighted by Crippen LogP contribution is -2.19. The Morgan fingerprint density at radius 3 is 2.17 bits per heavy atom. The summed E-state index contributed by atoms with van der Waals surface area (Å²) < 4.78 is 6.22. The first-order valence-electron chi connectivity index (χ1n) is 7.91. The van der Waals surface area contributed by atoms with Crippen LogP contribution in [0.1, 0.15) is 58.2 Å². The van der Waals surface area contributed by atoms with Crippen LogP contribution in [-0.2, 0) is 15.6 Å². The quantitative estimate of drug-likeness (QED) is 0.606. The molecular formula is C19H25NO2S2. The lowest BCUT2D eigenvalue weighted by Gasteiger charge is -2.28. The van der Waals surface area contributed by atoms with E-state index >= 15 is 0 Å². The number of ether oxygens (including phenoxy) is 1. The summed E-state index contributed by atoms with van der Waals surface area (Å²) in [5.41, 5.74) is 3.19.